The van der Waals surface area contributed by atoms with Gasteiger partial charge in [0.1, 0.15) is 0 Å². The van der Waals surface area contributed by atoms with Crippen LogP contribution in [-0.4, -0.2) is 19.3 Å². The van der Waals surface area contributed by atoms with E-state index in [1.807, 2.05) is 0 Å². The van der Waals surface area contributed by atoms with Gasteiger partial charge in [-0.2, -0.15) is 0 Å². The zero-order valence-electron chi connectivity index (χ0n) is 9.71. The zero-order valence-corrected chi connectivity index (χ0v) is 9.71. The predicted molar refractivity (Wildman–Crippen MR) is 63.4 cm³/mol. The minimum atomic E-state index is 0.234. The largest absolute Gasteiger partial charge is 0.378 e. The van der Waals surface area contributed by atoms with E-state index in [0.717, 1.165) is 13.2 Å². The molecule has 1 saturated heterocycles. The summed E-state index contributed by atoms with van der Waals surface area (Å²) in [5.41, 5.74) is 2.80. The molecule has 15 heavy (non-hydrogen) atoms. The molecule has 0 bridgehead atoms. The smallest absolute Gasteiger partial charge is 0.0728 e. The SMILES string of the molecule is CC(C)(C)c1ccc(NC2COC2)cc1. The molecule has 0 saturated carbocycles. The Morgan fingerprint density at radius 1 is 1.13 bits per heavy atom. The van der Waals surface area contributed by atoms with Crippen molar-refractivity contribution in [3.05, 3.63) is 29.8 Å². The lowest BCUT2D eigenvalue weighted by Gasteiger charge is -2.28. The summed E-state index contributed by atoms with van der Waals surface area (Å²) in [6, 6.07) is 9.20. The molecular weight excluding hydrogens is 186 g/mol. The van der Waals surface area contributed by atoms with Crippen molar-refractivity contribution in [1.82, 2.24) is 0 Å². The van der Waals surface area contributed by atoms with Crippen molar-refractivity contribution >= 4 is 5.69 Å². The fourth-order valence-electron chi connectivity index (χ4n) is 1.62. The van der Waals surface area contributed by atoms with Crippen molar-refractivity contribution < 1.29 is 4.74 Å². The quantitative estimate of drug-likeness (QED) is 0.801. The van der Waals surface area contributed by atoms with Crippen LogP contribution in [0.3, 0.4) is 0 Å². The second-order valence-electron chi connectivity index (χ2n) is 5.21. The lowest BCUT2D eigenvalue weighted by atomic mass is 9.87. The maximum Gasteiger partial charge on any atom is 0.0728 e. The molecule has 2 nitrogen and oxygen atoms in total. The summed E-state index contributed by atoms with van der Waals surface area (Å²) in [5.74, 6) is 0. The molecule has 0 aromatic heterocycles. The van der Waals surface area contributed by atoms with Crippen molar-refractivity contribution in [3.8, 4) is 0 Å². The Kier molecular flexibility index (Phi) is 2.70. The molecule has 0 amide bonds. The standard InChI is InChI=1S/C13H19NO/c1-13(2,3)10-4-6-11(7-5-10)14-12-8-15-9-12/h4-7,12,14H,8-9H2,1-3H3. The molecule has 0 radical (unpaired) electrons. The van der Waals surface area contributed by atoms with Gasteiger partial charge in [0.15, 0.2) is 0 Å². The van der Waals surface area contributed by atoms with Crippen LogP contribution in [0, 0.1) is 0 Å². The molecule has 0 spiro atoms. The van der Waals surface area contributed by atoms with Crippen molar-refractivity contribution in [1.29, 1.82) is 0 Å². The summed E-state index contributed by atoms with van der Waals surface area (Å²) in [6.45, 7) is 8.36. The van der Waals surface area contributed by atoms with Gasteiger partial charge in [0.25, 0.3) is 0 Å². The third-order valence-corrected chi connectivity index (χ3v) is 2.76. The van der Waals surface area contributed by atoms with E-state index in [4.69, 9.17) is 4.74 Å². The van der Waals surface area contributed by atoms with Crippen molar-refractivity contribution in [3.63, 3.8) is 0 Å². The average molecular weight is 205 g/mol. The monoisotopic (exact) mass is 205 g/mol. The number of hydrogen-bond donors (Lipinski definition) is 1. The van der Waals surface area contributed by atoms with Crippen LogP contribution < -0.4 is 5.32 Å². The molecule has 0 aliphatic carbocycles. The minimum absolute atomic E-state index is 0.234. The van der Waals surface area contributed by atoms with Gasteiger partial charge in [-0.1, -0.05) is 32.9 Å². The second kappa shape index (κ2) is 3.86. The molecule has 0 unspecified atom stereocenters. The second-order valence-corrected chi connectivity index (χ2v) is 5.21. The maximum atomic E-state index is 5.12. The fraction of sp³-hybridized carbons (Fsp3) is 0.538. The first-order valence-electron chi connectivity index (χ1n) is 5.50. The van der Waals surface area contributed by atoms with Gasteiger partial charge in [-0.25, -0.2) is 0 Å². The summed E-state index contributed by atoms with van der Waals surface area (Å²) in [5, 5.41) is 3.43. The Bertz CT molecular complexity index is 319. The number of ether oxygens (including phenoxy) is 1. The van der Waals surface area contributed by atoms with Gasteiger partial charge in [-0.15, -0.1) is 0 Å². The summed E-state index contributed by atoms with van der Waals surface area (Å²) >= 11 is 0. The molecule has 1 aliphatic rings. The Morgan fingerprint density at radius 2 is 1.73 bits per heavy atom. The Labute approximate surface area is 91.6 Å². The van der Waals surface area contributed by atoms with Crippen LogP contribution in [-0.2, 0) is 10.2 Å². The van der Waals surface area contributed by atoms with Crippen LogP contribution in [0.1, 0.15) is 26.3 Å². The number of hydrogen-bond acceptors (Lipinski definition) is 2. The van der Waals surface area contributed by atoms with Gasteiger partial charge in [0.05, 0.1) is 19.3 Å². The molecule has 1 heterocycles. The molecule has 0 atom stereocenters. The molecule has 1 aromatic carbocycles. The van der Waals surface area contributed by atoms with E-state index in [1.165, 1.54) is 11.3 Å². The van der Waals surface area contributed by atoms with E-state index in [1.54, 1.807) is 0 Å². The predicted octanol–water partition coefficient (Wildman–Crippen LogP) is 2.79. The van der Waals surface area contributed by atoms with Crippen molar-refractivity contribution in [2.75, 3.05) is 18.5 Å². The first kappa shape index (κ1) is 10.5. The van der Waals surface area contributed by atoms with E-state index in [-0.39, 0.29) is 5.41 Å². The zero-order chi connectivity index (χ0) is 10.9. The number of rotatable bonds is 2. The van der Waals surface area contributed by atoms with Gasteiger partial charge < -0.3 is 10.1 Å². The van der Waals surface area contributed by atoms with Gasteiger partial charge in [0, 0.05) is 5.69 Å². The summed E-state index contributed by atoms with van der Waals surface area (Å²) in [6.07, 6.45) is 0. The highest BCUT2D eigenvalue weighted by Gasteiger charge is 2.18. The number of nitrogens with one attached hydrogen (secondary N) is 1. The highest BCUT2D eigenvalue weighted by Crippen LogP contribution is 2.24. The van der Waals surface area contributed by atoms with Gasteiger partial charge in [-0.05, 0) is 23.1 Å². The van der Waals surface area contributed by atoms with E-state index >= 15 is 0 Å². The lowest BCUT2D eigenvalue weighted by Crippen LogP contribution is -2.40. The molecular formula is C13H19NO. The van der Waals surface area contributed by atoms with E-state index in [9.17, 15) is 0 Å². The number of anilines is 1. The Morgan fingerprint density at radius 3 is 2.13 bits per heavy atom. The summed E-state index contributed by atoms with van der Waals surface area (Å²) in [4.78, 5) is 0. The van der Waals surface area contributed by atoms with Crippen LogP contribution in [0.4, 0.5) is 5.69 Å². The Hall–Kier alpha value is -1.02. The molecule has 1 N–H and O–H groups in total. The van der Waals surface area contributed by atoms with Crippen molar-refractivity contribution in [2.24, 2.45) is 0 Å². The summed E-state index contributed by atoms with van der Waals surface area (Å²) in [7, 11) is 0. The number of benzene rings is 1. The highest BCUT2D eigenvalue weighted by atomic mass is 16.5. The summed E-state index contributed by atoms with van der Waals surface area (Å²) < 4.78 is 5.12. The third-order valence-electron chi connectivity index (χ3n) is 2.76. The van der Waals surface area contributed by atoms with Crippen molar-refractivity contribution in [2.45, 2.75) is 32.2 Å². The fourth-order valence-corrected chi connectivity index (χ4v) is 1.62. The van der Waals surface area contributed by atoms with E-state index < -0.39 is 0 Å². The normalized spacial score (nSPS) is 17.3. The molecule has 1 fully saturated rings. The molecule has 1 aliphatic heterocycles. The minimum Gasteiger partial charge on any atom is -0.378 e. The van der Waals surface area contributed by atoms with Crippen LogP contribution in [0.2, 0.25) is 0 Å². The van der Waals surface area contributed by atoms with Gasteiger partial charge >= 0.3 is 0 Å². The van der Waals surface area contributed by atoms with E-state index in [2.05, 4.69) is 50.4 Å². The molecule has 1 aromatic rings. The first-order valence-corrected chi connectivity index (χ1v) is 5.50. The van der Waals surface area contributed by atoms with Gasteiger partial charge in [-0.3, -0.25) is 0 Å². The van der Waals surface area contributed by atoms with Crippen LogP contribution in [0.25, 0.3) is 0 Å². The lowest BCUT2D eigenvalue weighted by molar-refractivity contribution is 0.0211. The molecule has 2 rings (SSSR count). The molecule has 2 heteroatoms. The van der Waals surface area contributed by atoms with E-state index in [0.29, 0.717) is 6.04 Å². The van der Waals surface area contributed by atoms with Gasteiger partial charge in [0.2, 0.25) is 0 Å². The van der Waals surface area contributed by atoms with Crippen LogP contribution in [0.5, 0.6) is 0 Å². The third kappa shape index (κ3) is 2.51. The maximum absolute atomic E-state index is 5.12. The first-order chi connectivity index (χ1) is 7.05. The van der Waals surface area contributed by atoms with Crippen LogP contribution >= 0.6 is 0 Å². The Balaban J connectivity index is 2.03. The highest BCUT2D eigenvalue weighted by molar-refractivity contribution is 5.46. The molecule has 82 valence electrons. The van der Waals surface area contributed by atoms with Crippen LogP contribution in [0.15, 0.2) is 24.3 Å². The topological polar surface area (TPSA) is 21.3 Å². The average Bonchev–Trinajstić information content (AvgIpc) is 2.11.